The van der Waals surface area contributed by atoms with Gasteiger partial charge in [-0.3, -0.25) is 0 Å². The van der Waals surface area contributed by atoms with Gasteiger partial charge in [0.15, 0.2) is 5.82 Å². The number of benzene rings is 1. The molecule has 14 heavy (non-hydrogen) atoms. The van der Waals surface area contributed by atoms with Gasteiger partial charge in [-0.25, -0.2) is 9.18 Å². The maximum absolute atomic E-state index is 13.4. The normalized spacial score (nSPS) is 10.7. The summed E-state index contributed by atoms with van der Waals surface area (Å²) in [7, 11) is 0. The summed E-state index contributed by atoms with van der Waals surface area (Å²) in [4.78, 5) is 10.8. The van der Waals surface area contributed by atoms with Crippen LogP contribution in [0.5, 0.6) is 0 Å². The molecule has 0 atom stereocenters. The molecule has 0 aliphatic rings. The highest BCUT2D eigenvalue weighted by Gasteiger charge is 2.15. The predicted octanol–water partition coefficient (Wildman–Crippen LogP) is 3.50. The highest BCUT2D eigenvalue weighted by atomic mass is 79.9. The second-order valence-electron chi connectivity index (χ2n) is 2.69. The van der Waals surface area contributed by atoms with Crippen LogP contribution in [-0.2, 0) is 0 Å². The number of aromatic carboxylic acids is 1. The van der Waals surface area contributed by atoms with Crippen LogP contribution in [0.4, 0.5) is 4.39 Å². The lowest BCUT2D eigenvalue weighted by atomic mass is 10.1. The molecule has 0 saturated carbocycles. The molecule has 0 aliphatic heterocycles. The molecule has 2 aromatic rings. The second kappa shape index (κ2) is 3.33. The van der Waals surface area contributed by atoms with Crippen molar-refractivity contribution in [2.24, 2.45) is 0 Å². The van der Waals surface area contributed by atoms with Gasteiger partial charge >= 0.3 is 5.97 Å². The summed E-state index contributed by atoms with van der Waals surface area (Å²) in [5.41, 5.74) is 0.120. The zero-order valence-electron chi connectivity index (χ0n) is 6.75. The minimum absolute atomic E-state index is 0.120. The van der Waals surface area contributed by atoms with Crippen LogP contribution in [0.25, 0.3) is 10.1 Å². The fourth-order valence-corrected chi connectivity index (χ4v) is 2.66. The molecule has 0 amide bonds. The Morgan fingerprint density at radius 3 is 2.93 bits per heavy atom. The topological polar surface area (TPSA) is 37.3 Å². The largest absolute Gasteiger partial charge is 0.478 e. The number of hydrogen-bond acceptors (Lipinski definition) is 2. The van der Waals surface area contributed by atoms with E-state index in [0.29, 0.717) is 10.1 Å². The summed E-state index contributed by atoms with van der Waals surface area (Å²) >= 11 is 4.18. The minimum Gasteiger partial charge on any atom is -0.478 e. The van der Waals surface area contributed by atoms with E-state index in [1.54, 1.807) is 11.4 Å². The Morgan fingerprint density at radius 1 is 1.57 bits per heavy atom. The van der Waals surface area contributed by atoms with E-state index in [4.69, 9.17) is 5.11 Å². The van der Waals surface area contributed by atoms with Crippen molar-refractivity contribution in [3.63, 3.8) is 0 Å². The molecule has 0 fully saturated rings. The first kappa shape index (κ1) is 9.61. The molecule has 0 spiro atoms. The molecular weight excluding hydrogens is 271 g/mol. The minimum atomic E-state index is -1.05. The van der Waals surface area contributed by atoms with Gasteiger partial charge in [-0.2, -0.15) is 0 Å². The molecule has 1 aromatic heterocycles. The van der Waals surface area contributed by atoms with Crippen LogP contribution < -0.4 is 0 Å². The summed E-state index contributed by atoms with van der Waals surface area (Å²) in [6, 6.07) is 2.89. The second-order valence-corrected chi connectivity index (χ2v) is 4.46. The van der Waals surface area contributed by atoms with Crippen molar-refractivity contribution in [2.45, 2.75) is 0 Å². The van der Waals surface area contributed by atoms with Crippen LogP contribution >= 0.6 is 27.3 Å². The maximum Gasteiger partial charge on any atom is 0.336 e. The molecule has 2 nitrogen and oxygen atoms in total. The lowest BCUT2D eigenvalue weighted by Gasteiger charge is -2.00. The molecule has 72 valence electrons. The lowest BCUT2D eigenvalue weighted by Crippen LogP contribution is -1.97. The zero-order valence-corrected chi connectivity index (χ0v) is 9.15. The Morgan fingerprint density at radius 2 is 2.29 bits per heavy atom. The molecule has 2 rings (SSSR count). The summed E-state index contributed by atoms with van der Waals surface area (Å²) in [5, 5.41) is 11.0. The van der Waals surface area contributed by atoms with E-state index in [2.05, 4.69) is 15.9 Å². The standard InChI is InChI=1S/C9H4BrFO2S/c10-6-3-5(9(12)13)4-1-2-14-8(4)7(6)11/h1-3H,(H,12,13). The number of carboxylic acid groups (broad SMARTS) is 1. The monoisotopic (exact) mass is 274 g/mol. The van der Waals surface area contributed by atoms with Gasteiger partial charge in [0.2, 0.25) is 0 Å². The van der Waals surface area contributed by atoms with Crippen LogP contribution in [0.15, 0.2) is 22.0 Å². The van der Waals surface area contributed by atoms with Gasteiger partial charge in [0, 0.05) is 5.39 Å². The summed E-state index contributed by atoms with van der Waals surface area (Å²) in [6.45, 7) is 0. The van der Waals surface area contributed by atoms with E-state index in [-0.39, 0.29) is 10.0 Å². The third kappa shape index (κ3) is 1.33. The molecule has 1 aromatic carbocycles. The summed E-state index contributed by atoms with van der Waals surface area (Å²) in [6.07, 6.45) is 0. The number of halogens is 2. The van der Waals surface area contributed by atoms with Gasteiger partial charge < -0.3 is 5.11 Å². The zero-order chi connectivity index (χ0) is 10.3. The van der Waals surface area contributed by atoms with Crippen LogP contribution in [0.2, 0.25) is 0 Å². The quantitative estimate of drug-likeness (QED) is 0.864. The molecule has 1 heterocycles. The first-order chi connectivity index (χ1) is 6.61. The van der Waals surface area contributed by atoms with Gasteiger partial charge in [0.25, 0.3) is 0 Å². The number of thiophene rings is 1. The van der Waals surface area contributed by atoms with Gasteiger partial charge in [-0.15, -0.1) is 11.3 Å². The average molecular weight is 275 g/mol. The molecule has 0 saturated heterocycles. The highest BCUT2D eigenvalue weighted by molar-refractivity contribution is 9.10. The lowest BCUT2D eigenvalue weighted by molar-refractivity contribution is 0.0699. The third-order valence-electron chi connectivity index (χ3n) is 1.87. The SMILES string of the molecule is O=C(O)c1cc(Br)c(F)c2sccc12. The van der Waals surface area contributed by atoms with Gasteiger partial charge in [0.05, 0.1) is 14.7 Å². The van der Waals surface area contributed by atoms with Crippen LogP contribution in [-0.4, -0.2) is 11.1 Å². The summed E-state index contributed by atoms with van der Waals surface area (Å²) < 4.78 is 14.0. The first-order valence-electron chi connectivity index (χ1n) is 3.69. The van der Waals surface area contributed by atoms with E-state index in [1.807, 2.05) is 0 Å². The van der Waals surface area contributed by atoms with E-state index in [9.17, 15) is 9.18 Å². The molecule has 0 bridgehead atoms. The number of hydrogen-bond donors (Lipinski definition) is 1. The third-order valence-corrected chi connectivity index (χ3v) is 3.35. The Hall–Kier alpha value is -0.940. The Balaban J connectivity index is 2.91. The number of carbonyl (C=O) groups is 1. The smallest absolute Gasteiger partial charge is 0.336 e. The van der Waals surface area contributed by atoms with Gasteiger partial charge in [0.1, 0.15) is 0 Å². The van der Waals surface area contributed by atoms with Crippen molar-refractivity contribution >= 4 is 43.3 Å². The first-order valence-corrected chi connectivity index (χ1v) is 5.37. The van der Waals surface area contributed by atoms with Crippen molar-refractivity contribution in [3.05, 3.63) is 33.4 Å². The van der Waals surface area contributed by atoms with Crippen molar-refractivity contribution < 1.29 is 14.3 Å². The number of fused-ring (bicyclic) bond motifs is 1. The fraction of sp³-hybridized carbons (Fsp3) is 0. The maximum atomic E-state index is 13.4. The molecule has 0 unspecified atom stereocenters. The highest BCUT2D eigenvalue weighted by Crippen LogP contribution is 2.32. The Bertz CT molecular complexity index is 521. The predicted molar refractivity (Wildman–Crippen MR) is 56.4 cm³/mol. The van der Waals surface area contributed by atoms with E-state index in [1.165, 1.54) is 17.4 Å². The fourth-order valence-electron chi connectivity index (χ4n) is 1.24. The molecule has 5 heteroatoms. The number of rotatable bonds is 1. The van der Waals surface area contributed by atoms with Crippen molar-refractivity contribution in [1.29, 1.82) is 0 Å². The molecular formula is C9H4BrFO2S. The Labute approximate surface area is 91.1 Å². The van der Waals surface area contributed by atoms with E-state index >= 15 is 0 Å². The van der Waals surface area contributed by atoms with Gasteiger partial charge in [-0.1, -0.05) is 0 Å². The van der Waals surface area contributed by atoms with Crippen molar-refractivity contribution in [1.82, 2.24) is 0 Å². The Kier molecular flexibility index (Phi) is 2.28. The molecule has 1 N–H and O–H groups in total. The van der Waals surface area contributed by atoms with Crippen LogP contribution in [0, 0.1) is 5.82 Å². The van der Waals surface area contributed by atoms with Crippen LogP contribution in [0.1, 0.15) is 10.4 Å². The summed E-state index contributed by atoms with van der Waals surface area (Å²) in [5.74, 6) is -1.45. The molecule has 0 radical (unpaired) electrons. The van der Waals surface area contributed by atoms with Crippen molar-refractivity contribution in [3.8, 4) is 0 Å². The molecule has 0 aliphatic carbocycles. The van der Waals surface area contributed by atoms with E-state index < -0.39 is 11.8 Å². The number of carboxylic acids is 1. The van der Waals surface area contributed by atoms with E-state index in [0.717, 1.165) is 0 Å². The van der Waals surface area contributed by atoms with Gasteiger partial charge in [-0.05, 0) is 33.4 Å². The van der Waals surface area contributed by atoms with Crippen molar-refractivity contribution in [2.75, 3.05) is 0 Å². The van der Waals surface area contributed by atoms with Crippen LogP contribution in [0.3, 0.4) is 0 Å². The average Bonchev–Trinajstić information content (AvgIpc) is 2.59.